The largest absolute Gasteiger partial charge is 0.315 e. The monoisotopic (exact) mass is 263 g/mol. The third-order valence-electron chi connectivity index (χ3n) is 3.22. The number of aromatic nitrogens is 1. The minimum absolute atomic E-state index is 0.617. The molecule has 19 heavy (non-hydrogen) atoms. The Morgan fingerprint density at radius 2 is 1.79 bits per heavy atom. The summed E-state index contributed by atoms with van der Waals surface area (Å²) in [7, 11) is 2.20. The molecule has 0 saturated carbocycles. The molecule has 0 spiro atoms. The van der Waals surface area contributed by atoms with Crippen LogP contribution in [0.4, 0.5) is 0 Å². The number of nitrogens with zero attached hydrogens (tertiary/aromatic N) is 2. The highest BCUT2D eigenvalue weighted by Crippen LogP contribution is 2.04. The van der Waals surface area contributed by atoms with Gasteiger partial charge in [-0.15, -0.1) is 0 Å². The van der Waals surface area contributed by atoms with Crippen molar-refractivity contribution < 1.29 is 0 Å². The molecule has 0 fully saturated rings. The first kappa shape index (κ1) is 16.1. The maximum Gasteiger partial charge on any atom is 0.0271 e. The van der Waals surface area contributed by atoms with Crippen molar-refractivity contribution in [1.29, 1.82) is 0 Å². The summed E-state index contributed by atoms with van der Waals surface area (Å²) in [4.78, 5) is 6.44. The van der Waals surface area contributed by atoms with Crippen LogP contribution in [0.2, 0.25) is 0 Å². The van der Waals surface area contributed by atoms with Gasteiger partial charge in [-0.1, -0.05) is 26.7 Å². The fourth-order valence-electron chi connectivity index (χ4n) is 2.13. The number of hydrogen-bond donors (Lipinski definition) is 1. The molecule has 1 heterocycles. The van der Waals surface area contributed by atoms with E-state index in [0.717, 1.165) is 13.1 Å². The normalized spacial score (nSPS) is 11.4. The van der Waals surface area contributed by atoms with Gasteiger partial charge in [-0.05, 0) is 50.7 Å². The van der Waals surface area contributed by atoms with Crippen LogP contribution in [0.5, 0.6) is 0 Å². The molecule has 0 saturated heterocycles. The number of pyridine rings is 1. The molecule has 0 aromatic carbocycles. The van der Waals surface area contributed by atoms with Crippen molar-refractivity contribution in [2.45, 2.75) is 52.1 Å². The van der Waals surface area contributed by atoms with Crippen LogP contribution in [0.1, 0.15) is 45.1 Å². The molecule has 1 aromatic rings. The fourth-order valence-corrected chi connectivity index (χ4v) is 2.13. The summed E-state index contributed by atoms with van der Waals surface area (Å²) in [6.07, 6.45) is 8.99. The zero-order chi connectivity index (χ0) is 13.9. The first-order valence-corrected chi connectivity index (χ1v) is 7.49. The van der Waals surface area contributed by atoms with Gasteiger partial charge in [-0.2, -0.15) is 0 Å². The van der Waals surface area contributed by atoms with Gasteiger partial charge in [0.25, 0.3) is 0 Å². The van der Waals surface area contributed by atoms with Crippen LogP contribution >= 0.6 is 0 Å². The molecular weight excluding hydrogens is 234 g/mol. The molecule has 3 heteroatoms. The Bertz CT molecular complexity index is 311. The number of hydrogen-bond acceptors (Lipinski definition) is 3. The Kier molecular flexibility index (Phi) is 8.43. The maximum atomic E-state index is 4.04. The van der Waals surface area contributed by atoms with Gasteiger partial charge in [0.15, 0.2) is 0 Å². The van der Waals surface area contributed by atoms with Crippen molar-refractivity contribution in [3.8, 4) is 0 Å². The predicted molar refractivity (Wildman–Crippen MR) is 82.2 cm³/mol. The minimum atomic E-state index is 0.617. The number of nitrogens with one attached hydrogen (secondary N) is 1. The number of unbranched alkanes of at least 4 members (excludes halogenated alkanes) is 3. The molecule has 0 aliphatic heterocycles. The van der Waals surface area contributed by atoms with Crippen molar-refractivity contribution >= 4 is 0 Å². The highest BCUT2D eigenvalue weighted by Gasteiger charge is 2.00. The lowest BCUT2D eigenvalue weighted by Crippen LogP contribution is -2.23. The van der Waals surface area contributed by atoms with E-state index in [0.29, 0.717) is 6.04 Å². The van der Waals surface area contributed by atoms with Gasteiger partial charge >= 0.3 is 0 Å². The summed E-state index contributed by atoms with van der Waals surface area (Å²) >= 11 is 0. The first-order chi connectivity index (χ1) is 9.18. The Labute approximate surface area is 118 Å². The van der Waals surface area contributed by atoms with Crippen LogP contribution in [0, 0.1) is 0 Å². The first-order valence-electron chi connectivity index (χ1n) is 7.49. The summed E-state index contributed by atoms with van der Waals surface area (Å²) in [5, 5.41) is 3.46. The standard InChI is InChI=1S/C16H29N3/c1-15(2)18-10-6-4-5-7-13-19(3)14-16-8-11-17-12-9-16/h8-9,11-12,15,18H,4-7,10,13-14H2,1-3H3. The second-order valence-electron chi connectivity index (χ2n) is 5.62. The van der Waals surface area contributed by atoms with Gasteiger partial charge in [-0.3, -0.25) is 4.98 Å². The molecule has 0 aliphatic rings. The quantitative estimate of drug-likeness (QED) is 0.658. The molecule has 0 bridgehead atoms. The third-order valence-corrected chi connectivity index (χ3v) is 3.22. The SMILES string of the molecule is CC(C)NCCCCCCN(C)Cc1ccncc1. The van der Waals surface area contributed by atoms with Crippen LogP contribution < -0.4 is 5.32 Å². The van der Waals surface area contributed by atoms with E-state index in [-0.39, 0.29) is 0 Å². The van der Waals surface area contributed by atoms with Gasteiger partial charge in [0.05, 0.1) is 0 Å². The third kappa shape index (κ3) is 8.73. The van der Waals surface area contributed by atoms with Crippen LogP contribution in [0.3, 0.4) is 0 Å². The van der Waals surface area contributed by atoms with Gasteiger partial charge < -0.3 is 10.2 Å². The summed E-state index contributed by atoms with van der Waals surface area (Å²) in [5.74, 6) is 0. The molecule has 0 atom stereocenters. The molecule has 0 unspecified atom stereocenters. The van der Waals surface area contributed by atoms with Crippen molar-refractivity contribution in [3.63, 3.8) is 0 Å². The smallest absolute Gasteiger partial charge is 0.0271 e. The van der Waals surface area contributed by atoms with Gasteiger partial charge in [0, 0.05) is 25.0 Å². The zero-order valence-electron chi connectivity index (χ0n) is 12.7. The van der Waals surface area contributed by atoms with Crippen molar-refractivity contribution in [1.82, 2.24) is 15.2 Å². The van der Waals surface area contributed by atoms with Gasteiger partial charge in [-0.25, -0.2) is 0 Å². The molecule has 0 radical (unpaired) electrons. The Hall–Kier alpha value is -0.930. The lowest BCUT2D eigenvalue weighted by molar-refractivity contribution is 0.316. The second-order valence-corrected chi connectivity index (χ2v) is 5.62. The van der Waals surface area contributed by atoms with Crippen molar-refractivity contribution in [2.24, 2.45) is 0 Å². The van der Waals surface area contributed by atoms with E-state index >= 15 is 0 Å². The van der Waals surface area contributed by atoms with Crippen LogP contribution in [0.15, 0.2) is 24.5 Å². The summed E-state index contributed by atoms with van der Waals surface area (Å²) < 4.78 is 0. The van der Waals surface area contributed by atoms with Crippen molar-refractivity contribution in [2.75, 3.05) is 20.1 Å². The van der Waals surface area contributed by atoms with E-state index in [9.17, 15) is 0 Å². The second kappa shape index (κ2) is 9.93. The number of rotatable bonds is 10. The van der Waals surface area contributed by atoms with Crippen LogP contribution in [-0.2, 0) is 6.54 Å². The molecule has 108 valence electrons. The Morgan fingerprint density at radius 1 is 1.11 bits per heavy atom. The molecule has 1 aromatic heterocycles. The van der Waals surface area contributed by atoms with Crippen LogP contribution in [0.25, 0.3) is 0 Å². The van der Waals surface area contributed by atoms with E-state index in [1.165, 1.54) is 37.8 Å². The summed E-state index contributed by atoms with van der Waals surface area (Å²) in [5.41, 5.74) is 1.35. The molecule has 1 N–H and O–H groups in total. The fraction of sp³-hybridized carbons (Fsp3) is 0.688. The topological polar surface area (TPSA) is 28.2 Å². The zero-order valence-corrected chi connectivity index (χ0v) is 12.7. The molecular formula is C16H29N3. The maximum absolute atomic E-state index is 4.04. The lowest BCUT2D eigenvalue weighted by atomic mass is 10.1. The predicted octanol–water partition coefficient (Wildman–Crippen LogP) is 3.07. The molecule has 0 aliphatic carbocycles. The average Bonchev–Trinajstić information content (AvgIpc) is 2.38. The summed E-state index contributed by atoms with van der Waals surface area (Å²) in [6, 6.07) is 4.80. The molecule has 3 nitrogen and oxygen atoms in total. The van der Waals surface area contributed by atoms with E-state index in [1.807, 2.05) is 12.4 Å². The highest BCUT2D eigenvalue weighted by atomic mass is 15.1. The Morgan fingerprint density at radius 3 is 2.47 bits per heavy atom. The van der Waals surface area contributed by atoms with E-state index < -0.39 is 0 Å². The lowest BCUT2D eigenvalue weighted by Gasteiger charge is -2.16. The molecule has 1 rings (SSSR count). The average molecular weight is 263 g/mol. The van der Waals surface area contributed by atoms with Gasteiger partial charge in [0.1, 0.15) is 0 Å². The van der Waals surface area contributed by atoms with E-state index in [4.69, 9.17) is 0 Å². The minimum Gasteiger partial charge on any atom is -0.315 e. The van der Waals surface area contributed by atoms with E-state index in [2.05, 4.69) is 48.2 Å². The van der Waals surface area contributed by atoms with E-state index in [1.54, 1.807) is 0 Å². The van der Waals surface area contributed by atoms with Gasteiger partial charge in [0.2, 0.25) is 0 Å². The Balaban J connectivity index is 1.97. The highest BCUT2D eigenvalue weighted by molar-refractivity contribution is 5.09. The summed E-state index contributed by atoms with van der Waals surface area (Å²) in [6.45, 7) is 7.77. The van der Waals surface area contributed by atoms with Crippen LogP contribution in [-0.4, -0.2) is 36.1 Å². The molecule has 0 amide bonds. The van der Waals surface area contributed by atoms with Crippen molar-refractivity contribution in [3.05, 3.63) is 30.1 Å².